The predicted molar refractivity (Wildman–Crippen MR) is 67.2 cm³/mol. The Labute approximate surface area is 103 Å². The third-order valence-electron chi connectivity index (χ3n) is 2.83. The number of carbonyl (C=O) groups excluding carboxylic acids is 1. The van der Waals surface area contributed by atoms with Crippen molar-refractivity contribution in [2.75, 3.05) is 7.11 Å². The Kier molecular flexibility index (Phi) is 3.47. The molecule has 0 bridgehead atoms. The molecule has 0 radical (unpaired) electrons. The van der Waals surface area contributed by atoms with Crippen LogP contribution in [0.3, 0.4) is 0 Å². The van der Waals surface area contributed by atoms with E-state index in [4.69, 9.17) is 5.73 Å². The molecule has 0 spiro atoms. The Morgan fingerprint density at radius 2 is 2.11 bits per heavy atom. The van der Waals surface area contributed by atoms with Crippen molar-refractivity contribution in [2.24, 2.45) is 5.73 Å². The molecule has 4 N–H and O–H groups in total. The number of ether oxygens (including phenoxy) is 1. The van der Waals surface area contributed by atoms with Crippen LogP contribution in [0.1, 0.15) is 12.0 Å². The summed E-state index contributed by atoms with van der Waals surface area (Å²) in [6.45, 7) is 0. The number of esters is 1. The van der Waals surface area contributed by atoms with Gasteiger partial charge in [-0.15, -0.1) is 0 Å². The second-order valence-corrected chi connectivity index (χ2v) is 4.13. The molecule has 0 aliphatic rings. The SMILES string of the molecule is COC(=O)C(N)CCc1ccc2[nH]c(=O)[nH]c2c1. The van der Waals surface area contributed by atoms with E-state index in [1.165, 1.54) is 7.11 Å². The molecule has 1 atom stereocenters. The Hall–Kier alpha value is -2.08. The third kappa shape index (κ3) is 2.60. The summed E-state index contributed by atoms with van der Waals surface area (Å²) < 4.78 is 4.56. The minimum absolute atomic E-state index is 0.228. The maximum absolute atomic E-state index is 11.1. The number of hydrogen-bond acceptors (Lipinski definition) is 4. The highest BCUT2D eigenvalue weighted by molar-refractivity contribution is 5.76. The second kappa shape index (κ2) is 5.05. The lowest BCUT2D eigenvalue weighted by Crippen LogP contribution is -2.31. The fraction of sp³-hybridized carbons (Fsp3) is 0.333. The smallest absolute Gasteiger partial charge is 0.323 e. The summed E-state index contributed by atoms with van der Waals surface area (Å²) in [5, 5.41) is 0. The molecular formula is C12H15N3O3. The van der Waals surface area contributed by atoms with Crippen LogP contribution >= 0.6 is 0 Å². The number of aromatic amines is 2. The van der Waals surface area contributed by atoms with Gasteiger partial charge < -0.3 is 20.4 Å². The second-order valence-electron chi connectivity index (χ2n) is 4.13. The van der Waals surface area contributed by atoms with E-state index in [9.17, 15) is 9.59 Å². The van der Waals surface area contributed by atoms with Crippen molar-refractivity contribution in [1.29, 1.82) is 0 Å². The van der Waals surface area contributed by atoms with Gasteiger partial charge >= 0.3 is 11.7 Å². The number of methoxy groups -OCH3 is 1. The number of benzene rings is 1. The van der Waals surface area contributed by atoms with Crippen molar-refractivity contribution in [3.8, 4) is 0 Å². The van der Waals surface area contributed by atoms with E-state index in [-0.39, 0.29) is 5.69 Å². The van der Waals surface area contributed by atoms with Crippen LogP contribution in [0.2, 0.25) is 0 Å². The molecule has 1 aromatic heterocycles. The molecule has 0 aliphatic carbocycles. The number of aromatic nitrogens is 2. The van der Waals surface area contributed by atoms with Gasteiger partial charge in [0.1, 0.15) is 6.04 Å². The first-order valence-electron chi connectivity index (χ1n) is 5.64. The first kappa shape index (κ1) is 12.4. The molecule has 1 aromatic carbocycles. The molecule has 1 heterocycles. The monoisotopic (exact) mass is 249 g/mol. The van der Waals surface area contributed by atoms with Crippen LogP contribution in [0.4, 0.5) is 0 Å². The minimum atomic E-state index is -0.615. The van der Waals surface area contributed by atoms with Gasteiger partial charge in [-0.1, -0.05) is 6.07 Å². The maximum Gasteiger partial charge on any atom is 0.323 e. The molecule has 1 unspecified atom stereocenters. The van der Waals surface area contributed by atoms with Gasteiger partial charge in [-0.2, -0.15) is 0 Å². The number of rotatable bonds is 4. The highest BCUT2D eigenvalue weighted by Gasteiger charge is 2.13. The lowest BCUT2D eigenvalue weighted by Gasteiger charge is -2.08. The zero-order valence-electron chi connectivity index (χ0n) is 10.0. The van der Waals surface area contributed by atoms with Crippen molar-refractivity contribution in [2.45, 2.75) is 18.9 Å². The summed E-state index contributed by atoms with van der Waals surface area (Å²) in [6.07, 6.45) is 1.16. The Balaban J connectivity index is 2.08. The zero-order chi connectivity index (χ0) is 13.1. The van der Waals surface area contributed by atoms with Gasteiger partial charge in [-0.25, -0.2) is 4.79 Å². The van der Waals surface area contributed by atoms with Gasteiger partial charge in [0.05, 0.1) is 18.1 Å². The summed E-state index contributed by atoms with van der Waals surface area (Å²) in [5.41, 5.74) is 7.96. The number of imidazole rings is 1. The first-order valence-corrected chi connectivity index (χ1v) is 5.64. The van der Waals surface area contributed by atoms with Gasteiger partial charge in [0.2, 0.25) is 0 Å². The molecule has 2 rings (SSSR count). The summed E-state index contributed by atoms with van der Waals surface area (Å²) in [6, 6.07) is 4.98. The number of nitrogens with two attached hydrogens (primary N) is 1. The third-order valence-corrected chi connectivity index (χ3v) is 2.83. The van der Waals surface area contributed by atoms with Crippen LogP contribution in [0.25, 0.3) is 11.0 Å². The maximum atomic E-state index is 11.1. The van der Waals surface area contributed by atoms with Crippen molar-refractivity contribution < 1.29 is 9.53 Å². The molecule has 18 heavy (non-hydrogen) atoms. The van der Waals surface area contributed by atoms with E-state index in [0.29, 0.717) is 12.8 Å². The lowest BCUT2D eigenvalue weighted by atomic mass is 10.1. The van der Waals surface area contributed by atoms with E-state index < -0.39 is 12.0 Å². The highest BCUT2D eigenvalue weighted by atomic mass is 16.5. The van der Waals surface area contributed by atoms with E-state index in [0.717, 1.165) is 16.6 Å². The van der Waals surface area contributed by atoms with Crippen molar-refractivity contribution in [1.82, 2.24) is 9.97 Å². The topological polar surface area (TPSA) is 101 Å². The van der Waals surface area contributed by atoms with Gasteiger partial charge in [0, 0.05) is 0 Å². The summed E-state index contributed by atoms with van der Waals surface area (Å²) in [7, 11) is 1.32. The Bertz CT molecular complexity index is 614. The van der Waals surface area contributed by atoms with Gasteiger partial charge in [0.15, 0.2) is 0 Å². The number of aryl methyl sites for hydroxylation is 1. The average Bonchev–Trinajstić information content (AvgIpc) is 2.74. The number of hydrogen-bond donors (Lipinski definition) is 3. The normalized spacial score (nSPS) is 12.6. The molecule has 0 aliphatic heterocycles. The van der Waals surface area contributed by atoms with Crippen LogP contribution < -0.4 is 11.4 Å². The molecule has 0 saturated carbocycles. The van der Waals surface area contributed by atoms with Crippen LogP contribution in [0.15, 0.2) is 23.0 Å². The van der Waals surface area contributed by atoms with E-state index in [1.54, 1.807) is 0 Å². The van der Waals surface area contributed by atoms with Crippen LogP contribution in [-0.2, 0) is 16.0 Å². The van der Waals surface area contributed by atoms with Gasteiger partial charge in [-0.3, -0.25) is 4.79 Å². The van der Waals surface area contributed by atoms with Crippen molar-refractivity contribution >= 4 is 17.0 Å². The zero-order valence-corrected chi connectivity index (χ0v) is 10.0. The molecule has 96 valence electrons. The Morgan fingerprint density at radius 1 is 1.39 bits per heavy atom. The number of nitrogens with one attached hydrogen (secondary N) is 2. The molecular weight excluding hydrogens is 234 g/mol. The van der Waals surface area contributed by atoms with Crippen LogP contribution in [0.5, 0.6) is 0 Å². The molecule has 6 nitrogen and oxygen atoms in total. The first-order chi connectivity index (χ1) is 8.60. The van der Waals surface area contributed by atoms with Gasteiger partial charge in [0.25, 0.3) is 0 Å². The minimum Gasteiger partial charge on any atom is -0.468 e. The predicted octanol–water partition coefficient (Wildman–Crippen LogP) is 0.289. The highest BCUT2D eigenvalue weighted by Crippen LogP contribution is 2.12. The molecule has 2 aromatic rings. The molecule has 0 saturated heterocycles. The van der Waals surface area contributed by atoms with E-state index in [2.05, 4.69) is 14.7 Å². The number of H-pyrrole nitrogens is 2. The average molecular weight is 249 g/mol. The quantitative estimate of drug-likeness (QED) is 0.678. The van der Waals surface area contributed by atoms with E-state index >= 15 is 0 Å². The summed E-state index contributed by atoms with van der Waals surface area (Å²) in [5.74, 6) is -0.411. The lowest BCUT2D eigenvalue weighted by molar-refractivity contribution is -0.142. The largest absolute Gasteiger partial charge is 0.468 e. The number of carbonyl (C=O) groups is 1. The van der Waals surface area contributed by atoms with Crippen molar-refractivity contribution in [3.05, 3.63) is 34.2 Å². The van der Waals surface area contributed by atoms with Crippen LogP contribution in [0, 0.1) is 0 Å². The standard InChI is InChI=1S/C12H15N3O3/c1-18-11(16)8(13)4-2-7-3-5-9-10(6-7)15-12(17)14-9/h3,5-6,8H,2,4,13H2,1H3,(H2,14,15,17). The van der Waals surface area contributed by atoms with Crippen LogP contribution in [-0.4, -0.2) is 29.1 Å². The fourth-order valence-electron chi connectivity index (χ4n) is 1.83. The molecule has 6 heteroatoms. The van der Waals surface area contributed by atoms with Gasteiger partial charge in [-0.05, 0) is 30.5 Å². The van der Waals surface area contributed by atoms with Crippen molar-refractivity contribution in [3.63, 3.8) is 0 Å². The number of fused-ring (bicyclic) bond motifs is 1. The Morgan fingerprint density at radius 3 is 2.83 bits per heavy atom. The summed E-state index contributed by atoms with van der Waals surface area (Å²) >= 11 is 0. The summed E-state index contributed by atoms with van der Waals surface area (Å²) in [4.78, 5) is 27.6. The molecule has 0 amide bonds. The molecule has 0 fully saturated rings. The fourth-order valence-corrected chi connectivity index (χ4v) is 1.83. The van der Waals surface area contributed by atoms with E-state index in [1.807, 2.05) is 18.2 Å².